The van der Waals surface area contributed by atoms with Crippen LogP contribution in [0, 0.1) is 5.92 Å². The molecule has 0 saturated carbocycles. The van der Waals surface area contributed by atoms with Crippen LogP contribution >= 0.6 is 22.6 Å². The second-order valence-corrected chi connectivity index (χ2v) is 4.09. The van der Waals surface area contributed by atoms with Crippen LogP contribution < -0.4 is 0 Å². The molecule has 0 atom stereocenters. The molecule has 1 aliphatic rings. The van der Waals surface area contributed by atoms with E-state index in [2.05, 4.69) is 0 Å². The highest BCUT2D eigenvalue weighted by Gasteiger charge is 2.41. The zero-order chi connectivity index (χ0) is 10.8. The van der Waals surface area contributed by atoms with Gasteiger partial charge in [-0.15, -0.1) is 0 Å². The van der Waals surface area contributed by atoms with Gasteiger partial charge in [-0.1, -0.05) is 22.6 Å². The van der Waals surface area contributed by atoms with Gasteiger partial charge < -0.3 is 4.90 Å². The zero-order valence-corrected chi connectivity index (χ0v) is 9.64. The zero-order valence-electron chi connectivity index (χ0n) is 7.48. The van der Waals surface area contributed by atoms with Crippen molar-refractivity contribution in [2.24, 2.45) is 5.92 Å². The lowest BCUT2D eigenvalue weighted by Gasteiger charge is -2.32. The van der Waals surface area contributed by atoms with Gasteiger partial charge in [0.05, 0.1) is 10.3 Å². The van der Waals surface area contributed by atoms with Crippen LogP contribution in [-0.2, 0) is 4.79 Å². The molecule has 1 rings (SSSR count). The van der Waals surface area contributed by atoms with Crippen molar-refractivity contribution >= 4 is 28.5 Å². The van der Waals surface area contributed by atoms with Crippen molar-refractivity contribution in [3.05, 3.63) is 0 Å². The van der Waals surface area contributed by atoms with E-state index in [0.717, 1.165) is 0 Å². The fourth-order valence-corrected chi connectivity index (χ4v) is 2.02. The first-order chi connectivity index (χ1) is 6.45. The molecular weight excluding hydrogens is 310 g/mol. The van der Waals surface area contributed by atoms with Crippen molar-refractivity contribution in [2.75, 3.05) is 17.5 Å². The molecule has 82 valence electrons. The highest BCUT2D eigenvalue weighted by Crippen LogP contribution is 2.34. The number of hydrogen-bond acceptors (Lipinski definition) is 1. The van der Waals surface area contributed by atoms with Crippen LogP contribution in [-0.4, -0.2) is 34.5 Å². The third-order valence-electron chi connectivity index (χ3n) is 2.42. The maximum atomic E-state index is 12.2. The van der Waals surface area contributed by atoms with E-state index in [-0.39, 0.29) is 31.8 Å². The molecule has 1 aliphatic heterocycles. The fraction of sp³-hybridized carbons (Fsp3) is 0.875. The number of carbonyl (C=O) groups is 1. The molecule has 0 bridgehead atoms. The first kappa shape index (κ1) is 12.1. The molecule has 0 aromatic rings. The average Bonchev–Trinajstić information content (AvgIpc) is 2.15. The van der Waals surface area contributed by atoms with Gasteiger partial charge in [0.1, 0.15) is 0 Å². The van der Waals surface area contributed by atoms with Crippen LogP contribution in [0.2, 0.25) is 0 Å². The monoisotopic (exact) mass is 321 g/mol. The molecule has 0 aromatic heterocycles. The summed E-state index contributed by atoms with van der Waals surface area (Å²) in [4.78, 5) is 12.7. The summed E-state index contributed by atoms with van der Waals surface area (Å²) in [6.45, 7) is 0.484. The quantitative estimate of drug-likeness (QED) is 0.536. The number of rotatable bonds is 1. The van der Waals surface area contributed by atoms with Crippen molar-refractivity contribution in [1.29, 1.82) is 0 Å². The number of piperidine rings is 1. The van der Waals surface area contributed by atoms with E-state index in [1.807, 2.05) is 22.6 Å². The minimum atomic E-state index is -4.10. The van der Waals surface area contributed by atoms with Gasteiger partial charge in [0.15, 0.2) is 0 Å². The van der Waals surface area contributed by atoms with Gasteiger partial charge in [0.2, 0.25) is 5.91 Å². The predicted molar refractivity (Wildman–Crippen MR) is 54.2 cm³/mol. The summed E-state index contributed by atoms with van der Waals surface area (Å²) >= 11 is 1.92. The lowest BCUT2D eigenvalue weighted by atomic mass is 9.96. The molecule has 0 aliphatic carbocycles. The molecule has 2 nitrogen and oxygen atoms in total. The van der Waals surface area contributed by atoms with Gasteiger partial charge in [0.25, 0.3) is 0 Å². The van der Waals surface area contributed by atoms with Crippen LogP contribution in [0.15, 0.2) is 0 Å². The second kappa shape index (κ2) is 4.67. The molecule has 0 N–H and O–H groups in total. The van der Waals surface area contributed by atoms with Gasteiger partial charge in [-0.25, -0.2) is 0 Å². The summed E-state index contributed by atoms with van der Waals surface area (Å²) in [6, 6.07) is 0. The minimum Gasteiger partial charge on any atom is -0.342 e. The molecule has 1 fully saturated rings. The lowest BCUT2D eigenvalue weighted by Crippen LogP contribution is -2.42. The summed E-state index contributed by atoms with van der Waals surface area (Å²) in [5.74, 6) is -1.29. The summed E-state index contributed by atoms with van der Waals surface area (Å²) in [6.07, 6.45) is -4.00. The normalized spacial score (nSPS) is 19.9. The summed E-state index contributed by atoms with van der Waals surface area (Å²) in [5.41, 5.74) is 0. The summed E-state index contributed by atoms with van der Waals surface area (Å²) in [7, 11) is 0. The Morgan fingerprint density at radius 1 is 1.36 bits per heavy atom. The Morgan fingerprint density at radius 2 is 1.86 bits per heavy atom. The maximum absolute atomic E-state index is 12.2. The van der Waals surface area contributed by atoms with Crippen molar-refractivity contribution in [3.63, 3.8) is 0 Å². The van der Waals surface area contributed by atoms with Crippen molar-refractivity contribution in [1.82, 2.24) is 4.90 Å². The second-order valence-electron chi connectivity index (χ2n) is 3.33. The number of likely N-dealkylation sites (tertiary alicyclic amines) is 1. The molecule has 0 radical (unpaired) electrons. The third kappa shape index (κ3) is 2.99. The number of amides is 1. The van der Waals surface area contributed by atoms with Crippen molar-refractivity contribution in [2.45, 2.75) is 19.0 Å². The molecule has 6 heteroatoms. The Bertz CT molecular complexity index is 211. The molecule has 1 saturated heterocycles. The first-order valence-corrected chi connectivity index (χ1v) is 5.88. The van der Waals surface area contributed by atoms with Crippen molar-refractivity contribution in [3.8, 4) is 0 Å². The van der Waals surface area contributed by atoms with Crippen LogP contribution in [0.25, 0.3) is 0 Å². The molecule has 1 amide bonds. The van der Waals surface area contributed by atoms with E-state index in [9.17, 15) is 18.0 Å². The van der Waals surface area contributed by atoms with E-state index in [0.29, 0.717) is 4.43 Å². The molecule has 14 heavy (non-hydrogen) atoms. The Morgan fingerprint density at radius 3 is 2.21 bits per heavy atom. The summed E-state index contributed by atoms with van der Waals surface area (Å²) in [5, 5.41) is 0. The lowest BCUT2D eigenvalue weighted by molar-refractivity contribution is -0.186. The van der Waals surface area contributed by atoms with Crippen molar-refractivity contribution < 1.29 is 18.0 Å². The SMILES string of the molecule is O=C(CI)N1CCC(C(F)(F)F)CC1. The highest BCUT2D eigenvalue weighted by molar-refractivity contribution is 14.1. The van der Waals surface area contributed by atoms with Gasteiger partial charge in [-0.2, -0.15) is 13.2 Å². The van der Waals surface area contributed by atoms with Gasteiger partial charge in [-0.05, 0) is 12.8 Å². The van der Waals surface area contributed by atoms with Crippen LogP contribution in [0.1, 0.15) is 12.8 Å². The Labute approximate surface area is 94.0 Å². The van der Waals surface area contributed by atoms with Crippen LogP contribution in [0.3, 0.4) is 0 Å². The van der Waals surface area contributed by atoms with Gasteiger partial charge in [0, 0.05) is 13.1 Å². The Hall–Kier alpha value is -0.0100. The molecule has 0 aromatic carbocycles. The maximum Gasteiger partial charge on any atom is 0.391 e. The number of alkyl halides is 4. The largest absolute Gasteiger partial charge is 0.391 e. The number of hydrogen-bond donors (Lipinski definition) is 0. The molecular formula is C8H11F3INO. The highest BCUT2D eigenvalue weighted by atomic mass is 127. The van der Waals surface area contributed by atoms with E-state index in [1.165, 1.54) is 4.90 Å². The summed E-state index contributed by atoms with van der Waals surface area (Å²) < 4.78 is 37.1. The Balaban J connectivity index is 2.43. The number of nitrogens with zero attached hydrogens (tertiary/aromatic N) is 1. The van der Waals surface area contributed by atoms with Crippen LogP contribution in [0.4, 0.5) is 13.2 Å². The topological polar surface area (TPSA) is 20.3 Å². The third-order valence-corrected chi connectivity index (χ3v) is 3.08. The molecule has 0 spiro atoms. The van der Waals surface area contributed by atoms with Crippen LogP contribution in [0.5, 0.6) is 0 Å². The first-order valence-electron chi connectivity index (χ1n) is 4.35. The minimum absolute atomic E-state index is 0.0475. The smallest absolute Gasteiger partial charge is 0.342 e. The van der Waals surface area contributed by atoms with E-state index in [4.69, 9.17) is 0 Å². The predicted octanol–water partition coefficient (Wildman–Crippen LogP) is 2.22. The fourth-order valence-electron chi connectivity index (χ4n) is 1.54. The Kier molecular flexibility index (Phi) is 4.03. The standard InChI is InChI=1S/C8H11F3INO/c9-8(10,11)6-1-3-13(4-2-6)7(14)5-12/h6H,1-5H2. The van der Waals surface area contributed by atoms with Gasteiger partial charge in [-0.3, -0.25) is 4.79 Å². The number of halogens is 4. The van der Waals surface area contributed by atoms with E-state index in [1.54, 1.807) is 0 Å². The molecule has 1 heterocycles. The van der Waals surface area contributed by atoms with E-state index >= 15 is 0 Å². The van der Waals surface area contributed by atoms with E-state index < -0.39 is 12.1 Å². The van der Waals surface area contributed by atoms with Gasteiger partial charge >= 0.3 is 6.18 Å². The average molecular weight is 321 g/mol. The molecule has 0 unspecified atom stereocenters. The number of carbonyl (C=O) groups excluding carboxylic acids is 1.